The average molecular weight is 388 g/mol. The van der Waals surface area contributed by atoms with Crippen LogP contribution in [0.3, 0.4) is 0 Å². The number of ether oxygens (including phenoxy) is 1. The average Bonchev–Trinajstić information content (AvgIpc) is 2.61. The van der Waals surface area contributed by atoms with Gasteiger partial charge in [-0.2, -0.15) is 13.2 Å². The van der Waals surface area contributed by atoms with E-state index in [1.165, 1.54) is 19.4 Å². The van der Waals surface area contributed by atoms with E-state index < -0.39 is 17.5 Å². The highest BCUT2D eigenvalue weighted by molar-refractivity contribution is 6.30. The first-order valence-electron chi connectivity index (χ1n) is 7.93. The fraction of sp³-hybridized carbons (Fsp3) is 0.412. The summed E-state index contributed by atoms with van der Waals surface area (Å²) in [6.07, 6.45) is -0.0860. The van der Waals surface area contributed by atoms with Crippen LogP contribution in [0.15, 0.2) is 30.7 Å². The van der Waals surface area contributed by atoms with Crippen molar-refractivity contribution >= 4 is 17.3 Å². The molecule has 0 radical (unpaired) electrons. The van der Waals surface area contributed by atoms with Crippen LogP contribution in [0.1, 0.15) is 24.1 Å². The van der Waals surface area contributed by atoms with Crippen LogP contribution in [0.4, 0.5) is 18.9 Å². The van der Waals surface area contributed by atoms with Gasteiger partial charge in [-0.25, -0.2) is 4.98 Å². The summed E-state index contributed by atoms with van der Waals surface area (Å²) in [7, 11) is 1.49. The van der Waals surface area contributed by atoms with E-state index in [4.69, 9.17) is 16.3 Å². The first kappa shape index (κ1) is 18.7. The predicted octanol–water partition coefficient (Wildman–Crippen LogP) is 3.65. The first-order chi connectivity index (χ1) is 12.2. The second kappa shape index (κ2) is 6.92. The molecule has 1 aliphatic rings. The van der Waals surface area contributed by atoms with Crippen molar-refractivity contribution in [2.24, 2.45) is 0 Å². The molecule has 140 valence electrons. The molecule has 0 aromatic carbocycles. The SMILES string of the molecule is COc1ccncc1C1(O)CCN(c2cc(Cl)cnc2C(F)(F)F)CC1. The molecule has 3 heterocycles. The van der Waals surface area contributed by atoms with Crippen molar-refractivity contribution in [2.75, 3.05) is 25.1 Å². The number of aliphatic hydroxyl groups is 1. The van der Waals surface area contributed by atoms with Gasteiger partial charge in [0.05, 0.1) is 23.4 Å². The number of rotatable bonds is 3. The molecule has 1 N–H and O–H groups in total. The molecule has 26 heavy (non-hydrogen) atoms. The highest BCUT2D eigenvalue weighted by Gasteiger charge is 2.41. The van der Waals surface area contributed by atoms with Crippen LogP contribution in [0.5, 0.6) is 5.75 Å². The number of pyridine rings is 2. The van der Waals surface area contributed by atoms with Crippen molar-refractivity contribution in [3.8, 4) is 5.75 Å². The van der Waals surface area contributed by atoms with Crippen molar-refractivity contribution in [1.29, 1.82) is 0 Å². The van der Waals surface area contributed by atoms with Gasteiger partial charge in [0, 0.05) is 37.2 Å². The molecular formula is C17H17ClF3N3O2. The van der Waals surface area contributed by atoms with Crippen LogP contribution in [-0.4, -0.2) is 35.3 Å². The highest BCUT2D eigenvalue weighted by atomic mass is 35.5. The molecular weight excluding hydrogens is 371 g/mol. The van der Waals surface area contributed by atoms with Crippen molar-refractivity contribution < 1.29 is 23.0 Å². The molecule has 0 amide bonds. The molecule has 0 spiro atoms. The van der Waals surface area contributed by atoms with Crippen molar-refractivity contribution in [3.63, 3.8) is 0 Å². The molecule has 3 rings (SSSR count). The molecule has 0 saturated carbocycles. The number of hydrogen-bond donors (Lipinski definition) is 1. The fourth-order valence-electron chi connectivity index (χ4n) is 3.18. The molecule has 0 unspecified atom stereocenters. The van der Waals surface area contributed by atoms with Crippen LogP contribution >= 0.6 is 11.6 Å². The van der Waals surface area contributed by atoms with E-state index in [2.05, 4.69) is 9.97 Å². The summed E-state index contributed by atoms with van der Waals surface area (Å²) in [4.78, 5) is 9.02. The van der Waals surface area contributed by atoms with E-state index >= 15 is 0 Å². The number of anilines is 1. The van der Waals surface area contributed by atoms with Crippen molar-refractivity contribution in [2.45, 2.75) is 24.6 Å². The Balaban J connectivity index is 1.86. The molecule has 1 saturated heterocycles. The van der Waals surface area contributed by atoms with Crippen molar-refractivity contribution in [1.82, 2.24) is 9.97 Å². The second-order valence-electron chi connectivity index (χ2n) is 6.11. The number of aromatic nitrogens is 2. The van der Waals surface area contributed by atoms with E-state index in [9.17, 15) is 18.3 Å². The molecule has 2 aromatic heterocycles. The standard InChI is InChI=1S/C17H17ClF3N3O2/c1-26-14-2-5-22-10-12(14)16(25)3-6-24(7-4-16)13-8-11(18)9-23-15(13)17(19,20)21/h2,5,8-10,25H,3-4,6-7H2,1H3. The summed E-state index contributed by atoms with van der Waals surface area (Å²) < 4.78 is 45.0. The molecule has 0 bridgehead atoms. The maximum absolute atomic E-state index is 13.2. The van der Waals surface area contributed by atoms with Gasteiger partial charge in [0.1, 0.15) is 5.75 Å². The van der Waals surface area contributed by atoms with Gasteiger partial charge in [0.2, 0.25) is 0 Å². The lowest BCUT2D eigenvalue weighted by Crippen LogP contribution is -2.43. The van der Waals surface area contributed by atoms with Gasteiger partial charge in [-0.05, 0) is 25.0 Å². The van der Waals surface area contributed by atoms with Crippen LogP contribution in [0.2, 0.25) is 5.02 Å². The molecule has 9 heteroatoms. The largest absolute Gasteiger partial charge is 0.496 e. The van der Waals surface area contributed by atoms with Gasteiger partial charge in [0.25, 0.3) is 0 Å². The normalized spacial score (nSPS) is 17.2. The highest BCUT2D eigenvalue weighted by Crippen LogP contribution is 2.41. The van der Waals surface area contributed by atoms with E-state index in [1.807, 2.05) is 0 Å². The summed E-state index contributed by atoms with van der Waals surface area (Å²) >= 11 is 5.85. The van der Waals surface area contributed by atoms with E-state index in [-0.39, 0.29) is 36.6 Å². The topological polar surface area (TPSA) is 58.5 Å². The lowest BCUT2D eigenvalue weighted by Gasteiger charge is -2.40. The van der Waals surface area contributed by atoms with E-state index in [0.29, 0.717) is 11.3 Å². The summed E-state index contributed by atoms with van der Waals surface area (Å²) in [5.74, 6) is 0.497. The Morgan fingerprint density at radius 2 is 1.96 bits per heavy atom. The number of halogens is 4. The lowest BCUT2D eigenvalue weighted by molar-refractivity contribution is -0.140. The van der Waals surface area contributed by atoms with Gasteiger partial charge in [-0.15, -0.1) is 0 Å². The smallest absolute Gasteiger partial charge is 0.435 e. The summed E-state index contributed by atoms with van der Waals surface area (Å²) in [6, 6.07) is 2.90. The second-order valence-corrected chi connectivity index (χ2v) is 6.55. The van der Waals surface area contributed by atoms with E-state index in [0.717, 1.165) is 6.20 Å². The van der Waals surface area contributed by atoms with Crippen molar-refractivity contribution in [3.05, 3.63) is 47.0 Å². The van der Waals surface area contributed by atoms with Crippen LogP contribution in [0.25, 0.3) is 0 Å². The minimum absolute atomic E-state index is 0.0785. The van der Waals surface area contributed by atoms with Crippen LogP contribution in [-0.2, 0) is 11.8 Å². The van der Waals surface area contributed by atoms with Crippen LogP contribution in [0, 0.1) is 0 Å². The zero-order valence-electron chi connectivity index (χ0n) is 13.9. The Kier molecular flexibility index (Phi) is 4.98. The molecule has 5 nitrogen and oxygen atoms in total. The number of methoxy groups -OCH3 is 1. The van der Waals surface area contributed by atoms with Gasteiger partial charge < -0.3 is 14.7 Å². The fourth-order valence-corrected chi connectivity index (χ4v) is 3.34. The molecule has 1 aliphatic heterocycles. The zero-order chi connectivity index (χ0) is 18.9. The Morgan fingerprint density at radius 1 is 1.27 bits per heavy atom. The Bertz CT molecular complexity index is 793. The minimum Gasteiger partial charge on any atom is -0.496 e. The van der Waals surface area contributed by atoms with Gasteiger partial charge >= 0.3 is 6.18 Å². The summed E-state index contributed by atoms with van der Waals surface area (Å²) in [5, 5.41) is 11.1. The number of nitrogens with zero attached hydrogens (tertiary/aromatic N) is 3. The maximum Gasteiger partial charge on any atom is 0.435 e. The van der Waals surface area contributed by atoms with Gasteiger partial charge in [0.15, 0.2) is 5.69 Å². The summed E-state index contributed by atoms with van der Waals surface area (Å²) in [5.41, 5.74) is -1.75. The lowest BCUT2D eigenvalue weighted by atomic mass is 9.84. The number of alkyl halides is 3. The molecule has 1 fully saturated rings. The molecule has 0 atom stereocenters. The molecule has 0 aliphatic carbocycles. The third kappa shape index (κ3) is 3.57. The minimum atomic E-state index is -4.58. The third-order valence-electron chi connectivity index (χ3n) is 4.54. The van der Waals surface area contributed by atoms with Gasteiger partial charge in [-0.1, -0.05) is 11.6 Å². The zero-order valence-corrected chi connectivity index (χ0v) is 14.7. The van der Waals surface area contributed by atoms with E-state index in [1.54, 1.807) is 17.2 Å². The monoisotopic (exact) mass is 387 g/mol. The molecule has 2 aromatic rings. The Morgan fingerprint density at radius 3 is 2.58 bits per heavy atom. The Hall–Kier alpha value is -2.06. The Labute approximate surface area is 153 Å². The van der Waals surface area contributed by atoms with Crippen LogP contribution < -0.4 is 9.64 Å². The number of piperidine rings is 1. The maximum atomic E-state index is 13.2. The third-order valence-corrected chi connectivity index (χ3v) is 4.74. The predicted molar refractivity (Wildman–Crippen MR) is 90.4 cm³/mol. The number of hydrogen-bond acceptors (Lipinski definition) is 5. The van der Waals surface area contributed by atoms with Gasteiger partial charge in [-0.3, -0.25) is 4.98 Å². The quantitative estimate of drug-likeness (QED) is 0.871. The summed E-state index contributed by atoms with van der Waals surface area (Å²) in [6.45, 7) is 0.416. The first-order valence-corrected chi connectivity index (χ1v) is 8.31.